The average Bonchev–Trinajstić information content (AvgIpc) is 2.81. The van der Waals surface area contributed by atoms with Gasteiger partial charge in [-0.05, 0) is 61.6 Å². The first-order valence-corrected chi connectivity index (χ1v) is 14.6. The van der Waals surface area contributed by atoms with E-state index in [1.165, 1.54) is 24.3 Å². The van der Waals surface area contributed by atoms with Gasteiger partial charge in [-0.25, -0.2) is 30.3 Å². The van der Waals surface area contributed by atoms with Crippen LogP contribution in [0.2, 0.25) is 5.02 Å². The molecule has 194 valence electrons. The molecule has 1 saturated heterocycles. The number of hydrogen-bond donors (Lipinski definition) is 2. The molecule has 13 heteroatoms. The Labute approximate surface area is 211 Å². The molecule has 8 nitrogen and oxygen atoms in total. The van der Waals surface area contributed by atoms with Gasteiger partial charge in [0.1, 0.15) is 10.6 Å². The third kappa shape index (κ3) is 3.72. The molecular formula is C23H22ClF2NO7S2. The Morgan fingerprint density at radius 2 is 1.83 bits per heavy atom. The van der Waals surface area contributed by atoms with E-state index in [9.17, 15) is 31.1 Å². The smallest absolute Gasteiger partial charge is 0.304 e. The zero-order chi connectivity index (χ0) is 26.0. The van der Waals surface area contributed by atoms with Gasteiger partial charge in [-0.1, -0.05) is 11.6 Å². The van der Waals surface area contributed by atoms with Crippen molar-refractivity contribution in [1.82, 2.24) is 4.72 Å². The number of carboxylic acids is 1. The van der Waals surface area contributed by atoms with E-state index in [2.05, 4.69) is 4.72 Å². The summed E-state index contributed by atoms with van der Waals surface area (Å²) in [5, 5.41) is 8.23. The van der Waals surface area contributed by atoms with Crippen LogP contribution in [0.5, 0.6) is 5.75 Å². The molecule has 2 heterocycles. The van der Waals surface area contributed by atoms with E-state index in [0.29, 0.717) is 0 Å². The summed E-state index contributed by atoms with van der Waals surface area (Å²) in [7, 11) is -8.40. The Kier molecular flexibility index (Phi) is 6.09. The largest absolute Gasteiger partial charge is 0.490 e. The van der Waals surface area contributed by atoms with Crippen LogP contribution < -0.4 is 9.46 Å². The van der Waals surface area contributed by atoms with Crippen LogP contribution in [0.4, 0.5) is 8.78 Å². The maximum atomic E-state index is 15.5. The fourth-order valence-corrected chi connectivity index (χ4v) is 10.4. The number of benzene rings is 2. The minimum atomic E-state index is -4.41. The summed E-state index contributed by atoms with van der Waals surface area (Å²) >= 11 is 5.95. The second kappa shape index (κ2) is 8.64. The molecule has 2 N–H and O–H groups in total. The molecule has 0 spiro atoms. The highest BCUT2D eigenvalue weighted by molar-refractivity contribution is 7.92. The highest BCUT2D eigenvalue weighted by Crippen LogP contribution is 2.59. The molecule has 0 bridgehead atoms. The highest BCUT2D eigenvalue weighted by Gasteiger charge is 2.64. The third-order valence-corrected chi connectivity index (χ3v) is 12.3. The van der Waals surface area contributed by atoms with Crippen molar-refractivity contribution in [2.75, 3.05) is 6.61 Å². The van der Waals surface area contributed by atoms with Gasteiger partial charge < -0.3 is 9.84 Å². The van der Waals surface area contributed by atoms with E-state index < -0.39 is 83.1 Å². The van der Waals surface area contributed by atoms with Crippen LogP contribution in [0.25, 0.3) is 0 Å². The monoisotopic (exact) mass is 561 g/mol. The van der Waals surface area contributed by atoms with E-state index in [4.69, 9.17) is 16.3 Å². The van der Waals surface area contributed by atoms with Gasteiger partial charge in [-0.2, -0.15) is 0 Å². The second-order valence-corrected chi connectivity index (χ2v) is 14.1. The first-order chi connectivity index (χ1) is 16.9. The highest BCUT2D eigenvalue weighted by atomic mass is 35.5. The van der Waals surface area contributed by atoms with Crippen LogP contribution in [0.1, 0.15) is 31.2 Å². The first kappa shape index (κ1) is 25.4. The fraction of sp³-hybridized carbons (Fsp3) is 0.435. The standard InChI is InChI=1S/C23H22ClF2NO7S2/c24-12-1-3-13(4-2-12)35(30,31)23-8-7-19-15(9-14(10-20(28)29)36(32,33)27-19)16(23)11-34-22-18(26)6-5-17(25)21(22)23/h1-6,14-16,19,27H,7-11H2,(H,28,29)/t14-,15+,16-,19-,23-/m0/s1. The van der Waals surface area contributed by atoms with Gasteiger partial charge in [0.25, 0.3) is 0 Å². The summed E-state index contributed by atoms with van der Waals surface area (Å²) in [6.45, 7) is -0.317. The number of halogens is 3. The quantitative estimate of drug-likeness (QED) is 0.586. The second-order valence-electron chi connectivity index (χ2n) is 9.43. The van der Waals surface area contributed by atoms with Crippen LogP contribution in [-0.2, 0) is 29.4 Å². The molecule has 2 aliphatic heterocycles. The minimum absolute atomic E-state index is 0.0163. The summed E-state index contributed by atoms with van der Waals surface area (Å²) in [5.74, 6) is -5.36. The Bertz CT molecular complexity index is 1450. The van der Waals surface area contributed by atoms with E-state index in [1.54, 1.807) is 0 Å². The molecule has 0 aromatic heterocycles. The SMILES string of the molecule is O=C(O)C[C@@H]1C[C@H]2[C@H](CC[C@@]3(S(=O)(=O)c4ccc(Cl)cc4)c4c(F)ccc(F)c4OC[C@@H]23)NS1(=O)=O. The van der Waals surface area contributed by atoms with Crippen LogP contribution in [0.3, 0.4) is 0 Å². The lowest BCUT2D eigenvalue weighted by Gasteiger charge is -2.54. The zero-order valence-electron chi connectivity index (χ0n) is 18.7. The predicted molar refractivity (Wildman–Crippen MR) is 125 cm³/mol. The maximum absolute atomic E-state index is 15.5. The minimum Gasteiger partial charge on any atom is -0.490 e. The first-order valence-electron chi connectivity index (χ1n) is 11.2. The molecule has 2 fully saturated rings. The van der Waals surface area contributed by atoms with E-state index in [0.717, 1.165) is 12.1 Å². The van der Waals surface area contributed by atoms with Crippen LogP contribution in [0, 0.1) is 23.5 Å². The van der Waals surface area contributed by atoms with Crippen LogP contribution >= 0.6 is 11.6 Å². The topological polar surface area (TPSA) is 127 Å². The number of nitrogens with one attached hydrogen (secondary N) is 1. The van der Waals surface area contributed by atoms with E-state index >= 15 is 4.39 Å². The van der Waals surface area contributed by atoms with Crippen molar-refractivity contribution in [1.29, 1.82) is 0 Å². The van der Waals surface area contributed by atoms with Crippen molar-refractivity contribution in [2.45, 2.75) is 46.6 Å². The number of sulfonamides is 1. The molecule has 3 aliphatic rings. The number of aliphatic carboxylic acids is 1. The Hall–Kier alpha value is -2.28. The van der Waals surface area contributed by atoms with E-state index in [1.807, 2.05) is 0 Å². The van der Waals surface area contributed by atoms with Crippen LogP contribution in [0.15, 0.2) is 41.3 Å². The molecule has 2 aromatic rings. The van der Waals surface area contributed by atoms with Gasteiger partial charge in [0, 0.05) is 17.0 Å². The van der Waals surface area contributed by atoms with E-state index in [-0.39, 0.29) is 35.8 Å². The van der Waals surface area contributed by atoms with Crippen molar-refractivity contribution >= 4 is 37.4 Å². The lowest BCUT2D eigenvalue weighted by Crippen LogP contribution is -2.64. The van der Waals surface area contributed by atoms with Gasteiger partial charge in [0.2, 0.25) is 10.0 Å². The fourth-order valence-electron chi connectivity index (χ4n) is 6.10. The molecule has 5 atom stereocenters. The Balaban J connectivity index is 1.72. The van der Waals surface area contributed by atoms with Gasteiger partial charge in [-0.3, -0.25) is 4.79 Å². The number of sulfone groups is 1. The average molecular weight is 562 g/mol. The molecule has 0 unspecified atom stereocenters. The van der Waals surface area contributed by atoms with Crippen molar-refractivity contribution in [3.05, 3.63) is 58.6 Å². The van der Waals surface area contributed by atoms with Gasteiger partial charge in [-0.15, -0.1) is 0 Å². The van der Waals surface area contributed by atoms with Crippen molar-refractivity contribution < 1.29 is 40.3 Å². The number of fused-ring (bicyclic) bond motifs is 5. The van der Waals surface area contributed by atoms with Gasteiger partial charge in [0.05, 0.1) is 28.7 Å². The normalized spacial score (nSPS) is 30.9. The maximum Gasteiger partial charge on any atom is 0.304 e. The molecule has 5 rings (SSSR count). The predicted octanol–water partition coefficient (Wildman–Crippen LogP) is 3.24. The summed E-state index contributed by atoms with van der Waals surface area (Å²) in [4.78, 5) is 11.2. The summed E-state index contributed by atoms with van der Waals surface area (Å²) in [6.07, 6.45) is -1.03. The third-order valence-electron chi connectivity index (χ3n) is 7.64. The van der Waals surface area contributed by atoms with Gasteiger partial charge in [0.15, 0.2) is 21.4 Å². The van der Waals surface area contributed by atoms with Crippen molar-refractivity contribution in [3.8, 4) is 5.75 Å². The number of ether oxygens (including phenoxy) is 1. The zero-order valence-corrected chi connectivity index (χ0v) is 21.0. The number of hydrogen-bond acceptors (Lipinski definition) is 6. The molecule has 0 amide bonds. The Morgan fingerprint density at radius 1 is 1.17 bits per heavy atom. The number of carboxylic acid groups (broad SMARTS) is 1. The summed E-state index contributed by atoms with van der Waals surface area (Å²) in [5.41, 5.74) is -0.421. The number of carbonyl (C=O) groups is 1. The molecule has 0 radical (unpaired) electrons. The summed E-state index contributed by atoms with van der Waals surface area (Å²) in [6, 6.07) is 6.34. The van der Waals surface area contributed by atoms with Crippen molar-refractivity contribution in [3.63, 3.8) is 0 Å². The van der Waals surface area contributed by atoms with Crippen molar-refractivity contribution in [2.24, 2.45) is 11.8 Å². The number of rotatable bonds is 4. The molecule has 36 heavy (non-hydrogen) atoms. The lowest BCUT2D eigenvalue weighted by atomic mass is 9.64. The van der Waals surface area contributed by atoms with Crippen LogP contribution in [-0.4, -0.2) is 45.8 Å². The Morgan fingerprint density at radius 3 is 2.50 bits per heavy atom. The molecule has 1 aliphatic carbocycles. The molecular weight excluding hydrogens is 540 g/mol. The molecule has 1 saturated carbocycles. The molecule has 2 aromatic carbocycles. The summed E-state index contributed by atoms with van der Waals surface area (Å²) < 4.78 is 90.5. The lowest BCUT2D eigenvalue weighted by molar-refractivity contribution is -0.137. The van der Waals surface area contributed by atoms with Gasteiger partial charge >= 0.3 is 5.97 Å².